The second-order valence-electron chi connectivity index (χ2n) is 7.58. The minimum Gasteiger partial charge on any atom is -0.446 e. The van der Waals surface area contributed by atoms with Crippen LogP contribution in [0.3, 0.4) is 0 Å². The van der Waals surface area contributed by atoms with Gasteiger partial charge in [0.25, 0.3) is 11.8 Å². The van der Waals surface area contributed by atoms with E-state index in [-0.39, 0.29) is 26.9 Å². The van der Waals surface area contributed by atoms with E-state index in [0.717, 1.165) is 12.1 Å². The topological polar surface area (TPSA) is 84.5 Å². The molecule has 0 fully saturated rings. The molecule has 0 heterocycles. The molecule has 0 saturated carbocycles. The first-order valence-electron chi connectivity index (χ1n) is 10.5. The van der Waals surface area contributed by atoms with Gasteiger partial charge in [-0.25, -0.2) is 4.79 Å². The maximum Gasteiger partial charge on any atom is 0.416 e. The second kappa shape index (κ2) is 11.5. The Morgan fingerprint density at radius 2 is 1.53 bits per heavy atom. The number of carbonyl (C=O) groups is 3. The third kappa shape index (κ3) is 6.77. The van der Waals surface area contributed by atoms with Crippen LogP contribution in [0.15, 0.2) is 72.8 Å². The number of benzene rings is 3. The molecular weight excluding hydrogens is 520 g/mol. The van der Waals surface area contributed by atoms with E-state index >= 15 is 0 Å². The van der Waals surface area contributed by atoms with Crippen LogP contribution in [-0.2, 0) is 20.5 Å². The van der Waals surface area contributed by atoms with Gasteiger partial charge in [0.15, 0.2) is 0 Å². The minimum absolute atomic E-state index is 0.135. The molecule has 11 heteroatoms. The molecule has 0 unspecified atom stereocenters. The van der Waals surface area contributed by atoms with E-state index in [1.165, 1.54) is 31.2 Å². The first kappa shape index (κ1) is 27.0. The summed E-state index contributed by atoms with van der Waals surface area (Å²) in [5.74, 6) is -2.54. The number of alkyl halides is 3. The fourth-order valence-corrected chi connectivity index (χ4v) is 3.48. The van der Waals surface area contributed by atoms with Crippen molar-refractivity contribution in [2.24, 2.45) is 0 Å². The first-order valence-corrected chi connectivity index (χ1v) is 11.2. The van der Waals surface area contributed by atoms with E-state index in [2.05, 4.69) is 10.6 Å². The highest BCUT2D eigenvalue weighted by Crippen LogP contribution is 2.34. The lowest BCUT2D eigenvalue weighted by atomic mass is 10.1. The van der Waals surface area contributed by atoms with Crippen molar-refractivity contribution in [3.63, 3.8) is 0 Å². The van der Waals surface area contributed by atoms with Gasteiger partial charge in [0.2, 0.25) is 6.10 Å². The summed E-state index contributed by atoms with van der Waals surface area (Å²) in [6, 6.07) is 15.3. The zero-order valence-electron chi connectivity index (χ0n) is 18.6. The molecule has 36 heavy (non-hydrogen) atoms. The fraction of sp³-hybridized carbons (Fsp3) is 0.160. The van der Waals surface area contributed by atoms with E-state index in [4.69, 9.17) is 27.9 Å². The predicted octanol–water partition coefficient (Wildman–Crippen LogP) is 6.05. The zero-order chi connectivity index (χ0) is 26.5. The van der Waals surface area contributed by atoms with Crippen molar-refractivity contribution in [3.05, 3.63) is 99.5 Å². The van der Waals surface area contributed by atoms with Gasteiger partial charge in [0.1, 0.15) is 6.04 Å². The van der Waals surface area contributed by atoms with Crippen molar-refractivity contribution >= 4 is 46.7 Å². The lowest BCUT2D eigenvalue weighted by Gasteiger charge is -2.21. The molecule has 2 atom stereocenters. The smallest absolute Gasteiger partial charge is 0.416 e. The van der Waals surface area contributed by atoms with Crippen molar-refractivity contribution < 1.29 is 32.3 Å². The highest BCUT2D eigenvalue weighted by Gasteiger charge is 2.32. The maximum absolute atomic E-state index is 13.1. The van der Waals surface area contributed by atoms with Crippen LogP contribution in [0.5, 0.6) is 0 Å². The van der Waals surface area contributed by atoms with E-state index in [9.17, 15) is 27.6 Å². The predicted molar refractivity (Wildman–Crippen MR) is 129 cm³/mol. The summed E-state index contributed by atoms with van der Waals surface area (Å²) in [6.07, 6.45) is -6.21. The van der Waals surface area contributed by atoms with Crippen LogP contribution in [0.25, 0.3) is 0 Å². The summed E-state index contributed by atoms with van der Waals surface area (Å²) in [6.45, 7) is 1.35. The molecule has 0 aromatic heterocycles. The summed E-state index contributed by atoms with van der Waals surface area (Å²) < 4.78 is 44.7. The van der Waals surface area contributed by atoms with E-state index in [0.29, 0.717) is 6.07 Å². The van der Waals surface area contributed by atoms with Crippen molar-refractivity contribution in [1.29, 1.82) is 0 Å². The summed E-state index contributed by atoms with van der Waals surface area (Å²) in [5, 5.41) is 4.76. The van der Waals surface area contributed by atoms with Crippen LogP contribution in [0.2, 0.25) is 10.0 Å². The summed E-state index contributed by atoms with van der Waals surface area (Å²) >= 11 is 12.0. The highest BCUT2D eigenvalue weighted by atomic mass is 35.5. The molecule has 2 amide bonds. The molecule has 0 spiro atoms. The molecule has 0 saturated heterocycles. The van der Waals surface area contributed by atoms with Gasteiger partial charge >= 0.3 is 12.1 Å². The average molecular weight is 539 g/mol. The molecule has 3 rings (SSSR count). The third-order valence-electron chi connectivity index (χ3n) is 4.95. The van der Waals surface area contributed by atoms with Crippen LogP contribution in [0.1, 0.15) is 34.5 Å². The van der Waals surface area contributed by atoms with Gasteiger partial charge in [0.05, 0.1) is 26.9 Å². The molecule has 0 aliphatic heterocycles. The molecule has 0 aliphatic carbocycles. The lowest BCUT2D eigenvalue weighted by Crippen LogP contribution is -2.41. The highest BCUT2D eigenvalue weighted by molar-refractivity contribution is 6.34. The summed E-state index contributed by atoms with van der Waals surface area (Å²) in [4.78, 5) is 38.3. The van der Waals surface area contributed by atoms with Gasteiger partial charge < -0.3 is 15.4 Å². The number of esters is 1. The van der Waals surface area contributed by atoms with Crippen LogP contribution >= 0.6 is 23.2 Å². The molecule has 0 aliphatic rings. The Bertz CT molecular complexity index is 1270. The number of ether oxygens (including phenoxy) is 1. The van der Waals surface area contributed by atoms with E-state index < -0.39 is 41.7 Å². The Morgan fingerprint density at radius 1 is 0.889 bits per heavy atom. The number of nitrogens with one attached hydrogen (secondary N) is 2. The fourth-order valence-electron chi connectivity index (χ4n) is 3.09. The van der Waals surface area contributed by atoms with Crippen molar-refractivity contribution in [2.45, 2.75) is 25.2 Å². The van der Waals surface area contributed by atoms with Gasteiger partial charge in [-0.05, 0) is 37.3 Å². The Balaban J connectivity index is 1.80. The van der Waals surface area contributed by atoms with Crippen molar-refractivity contribution in [3.8, 4) is 0 Å². The van der Waals surface area contributed by atoms with Gasteiger partial charge in [0, 0.05) is 5.56 Å². The molecule has 2 N–H and O–H groups in total. The molecule has 6 nitrogen and oxygen atoms in total. The number of carbonyl (C=O) groups excluding carboxylic acids is 3. The Morgan fingerprint density at radius 3 is 2.17 bits per heavy atom. The Hall–Kier alpha value is -3.56. The monoisotopic (exact) mass is 538 g/mol. The molecule has 188 valence electrons. The van der Waals surface area contributed by atoms with Gasteiger partial charge in [-0.1, -0.05) is 65.7 Å². The second-order valence-corrected chi connectivity index (χ2v) is 8.40. The lowest BCUT2D eigenvalue weighted by molar-refractivity contribution is -0.156. The van der Waals surface area contributed by atoms with Crippen molar-refractivity contribution in [2.75, 3.05) is 5.32 Å². The standard InChI is InChI=1S/C25H19Cl2F3N2O4/c1-14(31-22(33)17-9-5-6-10-18(17)26)24(35)36-21(15-7-3-2-4-8-15)23(34)32-20-13-16(25(28,29)30)11-12-19(20)27/h2-14,21H,1H3,(H,31,33)(H,32,34)/t14-,21-/m0/s1. The SMILES string of the molecule is C[C@H](NC(=O)c1ccccc1Cl)C(=O)O[C@H](C(=O)Nc1cc(C(F)(F)F)ccc1Cl)c1ccccc1. The van der Waals surface area contributed by atoms with Crippen LogP contribution in [-0.4, -0.2) is 23.8 Å². The molecule has 3 aromatic rings. The number of amides is 2. The van der Waals surface area contributed by atoms with Crippen LogP contribution in [0.4, 0.5) is 18.9 Å². The summed E-state index contributed by atoms with van der Waals surface area (Å²) in [5.41, 5.74) is -0.952. The normalized spacial score (nSPS) is 12.8. The Kier molecular flexibility index (Phi) is 8.60. The van der Waals surface area contributed by atoms with Crippen LogP contribution in [0, 0.1) is 0 Å². The van der Waals surface area contributed by atoms with Crippen molar-refractivity contribution in [1.82, 2.24) is 5.32 Å². The van der Waals surface area contributed by atoms with Gasteiger partial charge in [-0.3, -0.25) is 9.59 Å². The largest absolute Gasteiger partial charge is 0.446 e. The van der Waals surface area contributed by atoms with E-state index in [1.807, 2.05) is 0 Å². The molecule has 0 radical (unpaired) electrons. The molecule has 0 bridgehead atoms. The van der Waals surface area contributed by atoms with E-state index in [1.54, 1.807) is 30.3 Å². The first-order chi connectivity index (χ1) is 17.0. The zero-order valence-corrected chi connectivity index (χ0v) is 20.1. The maximum atomic E-state index is 13.1. The number of anilines is 1. The minimum atomic E-state index is -4.66. The van der Waals surface area contributed by atoms with Gasteiger partial charge in [-0.15, -0.1) is 0 Å². The number of halogens is 5. The number of rotatable bonds is 7. The quantitative estimate of drug-likeness (QED) is 0.358. The van der Waals surface area contributed by atoms with Crippen LogP contribution < -0.4 is 10.6 Å². The summed E-state index contributed by atoms with van der Waals surface area (Å²) in [7, 11) is 0. The average Bonchev–Trinajstić information content (AvgIpc) is 2.83. The molecule has 3 aromatic carbocycles. The molecular formula is C25H19Cl2F3N2O4. The third-order valence-corrected chi connectivity index (χ3v) is 5.60. The number of hydrogen-bond acceptors (Lipinski definition) is 4. The number of hydrogen-bond donors (Lipinski definition) is 2. The van der Waals surface area contributed by atoms with Gasteiger partial charge in [-0.2, -0.15) is 13.2 Å². The Labute approximate surface area is 214 Å².